The fourth-order valence-electron chi connectivity index (χ4n) is 3.40. The van der Waals surface area contributed by atoms with Crippen LogP contribution < -0.4 is 15.4 Å². The standard InChI is InChI=1S/C21H24N2O6S/c1-28-15-9-6-5-8-14(15)22-20(27)19-13-7-3-2-4-10-16(13)30-21(19)23-17(24)11-29-12-18(25)26/h5-6,8-9H,2-4,7,10-12H2,1H3,(H,22,27)(H,23,24)(H,25,26). The van der Waals surface area contributed by atoms with E-state index in [-0.39, 0.29) is 5.91 Å². The van der Waals surface area contributed by atoms with Gasteiger partial charge in [-0.3, -0.25) is 9.59 Å². The Bertz CT molecular complexity index is 940. The molecule has 3 rings (SSSR count). The summed E-state index contributed by atoms with van der Waals surface area (Å²) in [6, 6.07) is 7.12. The third-order valence-electron chi connectivity index (χ3n) is 4.72. The van der Waals surface area contributed by atoms with Crippen molar-refractivity contribution in [1.29, 1.82) is 0 Å². The highest BCUT2D eigenvalue weighted by atomic mass is 32.1. The van der Waals surface area contributed by atoms with Crippen molar-refractivity contribution < 1.29 is 29.0 Å². The van der Waals surface area contributed by atoms with Crippen LogP contribution in [0.3, 0.4) is 0 Å². The Morgan fingerprint density at radius 3 is 2.60 bits per heavy atom. The Hall–Kier alpha value is -2.91. The highest BCUT2D eigenvalue weighted by molar-refractivity contribution is 7.17. The number of fused-ring (bicyclic) bond motifs is 1. The molecule has 3 N–H and O–H groups in total. The van der Waals surface area contributed by atoms with Crippen molar-refractivity contribution in [3.8, 4) is 5.75 Å². The molecule has 0 atom stereocenters. The molecule has 30 heavy (non-hydrogen) atoms. The van der Waals surface area contributed by atoms with Crippen LogP contribution in [0.15, 0.2) is 24.3 Å². The number of hydrogen-bond acceptors (Lipinski definition) is 6. The van der Waals surface area contributed by atoms with Gasteiger partial charge in [0, 0.05) is 4.88 Å². The first-order valence-corrected chi connectivity index (χ1v) is 10.5. The second-order valence-electron chi connectivity index (χ2n) is 6.86. The molecule has 1 aromatic carbocycles. The molecule has 0 spiro atoms. The maximum atomic E-state index is 13.2. The molecular weight excluding hydrogens is 408 g/mol. The molecule has 1 aromatic heterocycles. The molecule has 1 aliphatic carbocycles. The molecule has 0 saturated carbocycles. The van der Waals surface area contributed by atoms with E-state index in [9.17, 15) is 14.4 Å². The number of ether oxygens (including phenoxy) is 2. The molecular formula is C21H24N2O6S. The third kappa shape index (κ3) is 5.37. The fourth-order valence-corrected chi connectivity index (χ4v) is 4.70. The number of thiophene rings is 1. The van der Waals surface area contributed by atoms with Gasteiger partial charge in [0.25, 0.3) is 11.8 Å². The Morgan fingerprint density at radius 2 is 1.83 bits per heavy atom. The Kier molecular flexibility index (Phi) is 7.42. The number of nitrogens with one attached hydrogen (secondary N) is 2. The zero-order chi connectivity index (χ0) is 21.5. The first-order valence-electron chi connectivity index (χ1n) is 9.68. The van der Waals surface area contributed by atoms with Gasteiger partial charge >= 0.3 is 5.97 Å². The van der Waals surface area contributed by atoms with Gasteiger partial charge in [0.05, 0.1) is 18.4 Å². The summed E-state index contributed by atoms with van der Waals surface area (Å²) in [4.78, 5) is 37.1. The number of carboxylic acid groups (broad SMARTS) is 1. The number of rotatable bonds is 8. The smallest absolute Gasteiger partial charge is 0.329 e. The molecule has 1 heterocycles. The van der Waals surface area contributed by atoms with Crippen LogP contribution in [0.2, 0.25) is 0 Å². The topological polar surface area (TPSA) is 114 Å². The molecule has 2 aromatic rings. The summed E-state index contributed by atoms with van der Waals surface area (Å²) in [6.07, 6.45) is 4.75. The summed E-state index contributed by atoms with van der Waals surface area (Å²) in [7, 11) is 1.53. The highest BCUT2D eigenvalue weighted by Gasteiger charge is 2.26. The molecule has 2 amide bonds. The average molecular weight is 432 g/mol. The molecule has 0 radical (unpaired) electrons. The van der Waals surface area contributed by atoms with Crippen LogP contribution >= 0.6 is 11.3 Å². The number of amides is 2. The molecule has 0 saturated heterocycles. The zero-order valence-corrected chi connectivity index (χ0v) is 17.5. The van der Waals surface area contributed by atoms with Crippen LogP contribution in [0.4, 0.5) is 10.7 Å². The van der Waals surface area contributed by atoms with Crippen molar-refractivity contribution in [1.82, 2.24) is 0 Å². The summed E-state index contributed by atoms with van der Waals surface area (Å²) >= 11 is 1.40. The van der Waals surface area contributed by atoms with Crippen LogP contribution in [0.25, 0.3) is 0 Å². The van der Waals surface area contributed by atoms with Crippen molar-refractivity contribution in [3.05, 3.63) is 40.3 Å². The molecule has 9 heteroatoms. The minimum atomic E-state index is -1.15. The van der Waals surface area contributed by atoms with Crippen molar-refractivity contribution >= 4 is 39.8 Å². The molecule has 8 nitrogen and oxygen atoms in total. The first kappa shape index (κ1) is 21.8. The van der Waals surface area contributed by atoms with Crippen molar-refractivity contribution in [3.63, 3.8) is 0 Å². The fraction of sp³-hybridized carbons (Fsp3) is 0.381. The lowest BCUT2D eigenvalue weighted by atomic mass is 10.0. The maximum absolute atomic E-state index is 13.2. The summed E-state index contributed by atoms with van der Waals surface area (Å²) in [6.45, 7) is -0.960. The number of aryl methyl sites for hydroxylation is 1. The van der Waals surface area contributed by atoms with E-state index in [2.05, 4.69) is 10.6 Å². The van der Waals surface area contributed by atoms with Crippen LogP contribution in [-0.4, -0.2) is 43.2 Å². The maximum Gasteiger partial charge on any atom is 0.329 e. The van der Waals surface area contributed by atoms with E-state index in [0.29, 0.717) is 22.0 Å². The molecule has 0 bridgehead atoms. The van der Waals surface area contributed by atoms with E-state index in [4.69, 9.17) is 14.6 Å². The lowest BCUT2D eigenvalue weighted by Crippen LogP contribution is -2.22. The van der Waals surface area contributed by atoms with E-state index in [1.165, 1.54) is 18.4 Å². The average Bonchev–Trinajstić information content (AvgIpc) is 2.88. The minimum Gasteiger partial charge on any atom is -0.495 e. The predicted octanol–water partition coefficient (Wildman–Crippen LogP) is 3.32. The van der Waals surface area contributed by atoms with Crippen molar-refractivity contribution in [2.45, 2.75) is 32.1 Å². The number of anilines is 2. The number of hydrogen-bond donors (Lipinski definition) is 3. The molecule has 1 aliphatic rings. The molecule has 0 unspecified atom stereocenters. The van der Waals surface area contributed by atoms with Crippen LogP contribution in [0.5, 0.6) is 5.75 Å². The van der Waals surface area contributed by atoms with E-state index in [1.54, 1.807) is 18.2 Å². The van der Waals surface area contributed by atoms with Crippen LogP contribution in [0.1, 0.15) is 40.1 Å². The Labute approximate surface area is 178 Å². The molecule has 160 valence electrons. The van der Waals surface area contributed by atoms with Gasteiger partial charge in [0.2, 0.25) is 0 Å². The molecule has 0 aliphatic heterocycles. The number of benzene rings is 1. The number of carbonyl (C=O) groups excluding carboxylic acids is 2. The SMILES string of the molecule is COc1ccccc1NC(=O)c1c(NC(=O)COCC(=O)O)sc2c1CCCCC2. The van der Waals surface area contributed by atoms with Gasteiger partial charge in [0.15, 0.2) is 0 Å². The summed E-state index contributed by atoms with van der Waals surface area (Å²) in [5.41, 5.74) is 1.96. The van der Waals surface area contributed by atoms with Crippen LogP contribution in [0, 0.1) is 0 Å². The third-order valence-corrected chi connectivity index (χ3v) is 5.92. The van der Waals surface area contributed by atoms with E-state index < -0.39 is 25.1 Å². The second kappa shape index (κ2) is 10.2. The monoisotopic (exact) mass is 432 g/mol. The van der Waals surface area contributed by atoms with E-state index >= 15 is 0 Å². The highest BCUT2D eigenvalue weighted by Crippen LogP contribution is 2.38. The van der Waals surface area contributed by atoms with E-state index in [0.717, 1.165) is 42.5 Å². The number of carbonyl (C=O) groups is 3. The second-order valence-corrected chi connectivity index (χ2v) is 7.96. The van der Waals surface area contributed by atoms with Gasteiger partial charge in [-0.2, -0.15) is 0 Å². The van der Waals surface area contributed by atoms with Gasteiger partial charge in [-0.05, 0) is 43.4 Å². The van der Waals surface area contributed by atoms with Gasteiger partial charge < -0.3 is 25.2 Å². The number of carboxylic acids is 1. The number of methoxy groups -OCH3 is 1. The van der Waals surface area contributed by atoms with Crippen molar-refractivity contribution in [2.75, 3.05) is 31.0 Å². The minimum absolute atomic E-state index is 0.319. The summed E-state index contributed by atoms with van der Waals surface area (Å²) in [5.74, 6) is -1.43. The Morgan fingerprint density at radius 1 is 1.07 bits per heavy atom. The lowest BCUT2D eigenvalue weighted by Gasteiger charge is -2.12. The number of para-hydroxylation sites is 2. The lowest BCUT2D eigenvalue weighted by molar-refractivity contribution is -0.143. The summed E-state index contributed by atoms with van der Waals surface area (Å²) < 4.78 is 10.2. The van der Waals surface area contributed by atoms with Gasteiger partial charge in [-0.15, -0.1) is 11.3 Å². The normalized spacial score (nSPS) is 13.1. The van der Waals surface area contributed by atoms with Gasteiger partial charge in [-0.1, -0.05) is 18.6 Å². The van der Waals surface area contributed by atoms with E-state index in [1.807, 2.05) is 6.07 Å². The summed E-state index contributed by atoms with van der Waals surface area (Å²) in [5, 5.41) is 14.7. The van der Waals surface area contributed by atoms with Crippen molar-refractivity contribution in [2.24, 2.45) is 0 Å². The zero-order valence-electron chi connectivity index (χ0n) is 16.7. The quantitative estimate of drug-likeness (QED) is 0.552. The first-order chi connectivity index (χ1) is 14.5. The molecule has 0 fully saturated rings. The number of aliphatic carboxylic acids is 1. The Balaban J connectivity index is 1.85. The van der Waals surface area contributed by atoms with Gasteiger partial charge in [-0.25, -0.2) is 4.79 Å². The largest absolute Gasteiger partial charge is 0.495 e. The predicted molar refractivity (Wildman–Crippen MR) is 114 cm³/mol. The van der Waals surface area contributed by atoms with Gasteiger partial charge in [0.1, 0.15) is 24.0 Å². The van der Waals surface area contributed by atoms with Crippen LogP contribution in [-0.2, 0) is 27.2 Å².